The van der Waals surface area contributed by atoms with Gasteiger partial charge in [-0.15, -0.1) is 0 Å². The second-order valence-electron chi connectivity index (χ2n) is 6.56. The van der Waals surface area contributed by atoms with Crippen molar-refractivity contribution in [3.05, 3.63) is 64.7 Å². The van der Waals surface area contributed by atoms with E-state index in [2.05, 4.69) is 31.3 Å². The molecule has 0 fully saturated rings. The molecule has 0 aromatic heterocycles. The van der Waals surface area contributed by atoms with Crippen molar-refractivity contribution >= 4 is 21.6 Å². The third-order valence-electron chi connectivity index (χ3n) is 4.62. The average molecular weight is 375 g/mol. The van der Waals surface area contributed by atoms with Crippen molar-refractivity contribution in [2.45, 2.75) is 33.2 Å². The summed E-state index contributed by atoms with van der Waals surface area (Å²) >= 11 is 0. The van der Waals surface area contributed by atoms with Crippen LogP contribution in [0.15, 0.2) is 42.5 Å². The van der Waals surface area contributed by atoms with Gasteiger partial charge < -0.3 is 5.32 Å². The molecule has 1 N–H and O–H groups in total. The maximum Gasteiger partial charge on any atom is 0.251 e. The Morgan fingerprint density at radius 3 is 2.38 bits per heavy atom. The largest absolute Gasteiger partial charge is 0.345 e. The number of nitrogens with zero attached hydrogens (tertiary/aromatic N) is 1. The number of carbonyl (C=O) groups excluding carboxylic acids is 1. The number of nitrogens with one attached hydrogen (secondary N) is 1. The second-order valence-corrected chi connectivity index (χ2v) is 8.57. The first-order valence-electron chi connectivity index (χ1n) is 8.55. The van der Waals surface area contributed by atoms with Gasteiger partial charge in [0, 0.05) is 12.6 Å². The van der Waals surface area contributed by atoms with Crippen LogP contribution in [0.1, 0.15) is 46.4 Å². The van der Waals surface area contributed by atoms with Crippen molar-refractivity contribution < 1.29 is 13.2 Å². The van der Waals surface area contributed by atoms with Gasteiger partial charge in [-0.1, -0.05) is 31.2 Å². The first-order chi connectivity index (χ1) is 12.1. The molecule has 1 atom stereocenters. The Balaban J connectivity index is 2.24. The molecule has 0 unspecified atom stereocenters. The molecule has 0 aliphatic heterocycles. The summed E-state index contributed by atoms with van der Waals surface area (Å²) in [6.45, 7) is 6.13. The highest BCUT2D eigenvalue weighted by Gasteiger charge is 2.17. The van der Waals surface area contributed by atoms with Gasteiger partial charge in [-0.05, 0) is 55.2 Å². The molecule has 0 saturated carbocycles. The molecule has 0 bridgehead atoms. The van der Waals surface area contributed by atoms with E-state index in [1.165, 1.54) is 18.2 Å². The molecule has 0 aliphatic rings. The minimum Gasteiger partial charge on any atom is -0.345 e. The maximum atomic E-state index is 12.7. The predicted molar refractivity (Wildman–Crippen MR) is 106 cm³/mol. The number of rotatable bonds is 6. The van der Waals surface area contributed by atoms with E-state index in [1.807, 2.05) is 13.0 Å². The van der Waals surface area contributed by atoms with E-state index in [0.29, 0.717) is 11.3 Å². The topological polar surface area (TPSA) is 66.5 Å². The number of anilines is 1. The van der Waals surface area contributed by atoms with Gasteiger partial charge in [0.25, 0.3) is 5.91 Å². The van der Waals surface area contributed by atoms with Gasteiger partial charge in [0.2, 0.25) is 10.0 Å². The van der Waals surface area contributed by atoms with Crippen molar-refractivity contribution in [1.82, 2.24) is 5.32 Å². The van der Waals surface area contributed by atoms with Crippen LogP contribution in [0.3, 0.4) is 0 Å². The summed E-state index contributed by atoms with van der Waals surface area (Å²) in [6.07, 6.45) is 1.89. The highest BCUT2D eigenvalue weighted by Crippen LogP contribution is 2.22. The molecule has 26 heavy (non-hydrogen) atoms. The molecule has 2 aromatic rings. The molecule has 0 heterocycles. The Morgan fingerprint density at radius 2 is 1.81 bits per heavy atom. The maximum absolute atomic E-state index is 12.7. The second kappa shape index (κ2) is 7.91. The summed E-state index contributed by atoms with van der Waals surface area (Å²) in [7, 11) is -1.91. The van der Waals surface area contributed by atoms with Crippen LogP contribution in [-0.2, 0) is 10.0 Å². The molecule has 6 heteroatoms. The van der Waals surface area contributed by atoms with Crippen molar-refractivity contribution in [3.8, 4) is 0 Å². The van der Waals surface area contributed by atoms with Crippen LogP contribution in [0.25, 0.3) is 0 Å². The zero-order chi connectivity index (χ0) is 19.5. The van der Waals surface area contributed by atoms with E-state index < -0.39 is 10.0 Å². The van der Waals surface area contributed by atoms with Gasteiger partial charge in [0.05, 0.1) is 18.0 Å². The van der Waals surface area contributed by atoms with Crippen LogP contribution < -0.4 is 9.62 Å². The van der Waals surface area contributed by atoms with Crippen molar-refractivity contribution in [2.24, 2.45) is 0 Å². The quantitative estimate of drug-likeness (QED) is 0.840. The lowest BCUT2D eigenvalue weighted by Crippen LogP contribution is -2.29. The Kier molecular flexibility index (Phi) is 6.08. The van der Waals surface area contributed by atoms with E-state index in [-0.39, 0.29) is 11.9 Å². The van der Waals surface area contributed by atoms with Gasteiger partial charge >= 0.3 is 0 Å². The number of amides is 1. The smallest absolute Gasteiger partial charge is 0.251 e. The summed E-state index contributed by atoms with van der Waals surface area (Å²) in [5.41, 5.74) is 4.35. The number of hydrogen-bond donors (Lipinski definition) is 1. The summed E-state index contributed by atoms with van der Waals surface area (Å²) in [4.78, 5) is 12.7. The number of hydrogen-bond acceptors (Lipinski definition) is 3. The molecule has 0 aliphatic carbocycles. The molecule has 2 aromatic carbocycles. The van der Waals surface area contributed by atoms with Gasteiger partial charge in [-0.3, -0.25) is 9.10 Å². The normalized spacial score (nSPS) is 12.5. The first-order valence-corrected chi connectivity index (χ1v) is 10.4. The number of benzene rings is 2. The standard InChI is InChI=1S/C20H26N2O3S/c1-6-19(16-11-10-14(2)15(3)12-16)21-20(23)17-8-7-9-18(13-17)22(4)26(5,24)25/h7-13,19H,6H2,1-5H3,(H,21,23)/t19-/m1/s1. The molecular weight excluding hydrogens is 348 g/mol. The zero-order valence-corrected chi connectivity index (χ0v) is 16.7. The average Bonchev–Trinajstić information content (AvgIpc) is 2.60. The summed E-state index contributed by atoms with van der Waals surface area (Å²) in [5.74, 6) is -0.223. The van der Waals surface area contributed by atoms with Crippen LogP contribution in [0, 0.1) is 13.8 Å². The minimum absolute atomic E-state index is 0.0990. The number of carbonyl (C=O) groups is 1. The lowest BCUT2D eigenvalue weighted by Gasteiger charge is -2.20. The van der Waals surface area contributed by atoms with Gasteiger partial charge in [-0.2, -0.15) is 0 Å². The summed E-state index contributed by atoms with van der Waals surface area (Å²) < 4.78 is 24.6. The van der Waals surface area contributed by atoms with E-state index in [9.17, 15) is 13.2 Å². The molecular formula is C20H26N2O3S. The Hall–Kier alpha value is -2.34. The molecule has 140 valence electrons. The van der Waals surface area contributed by atoms with Gasteiger partial charge in [-0.25, -0.2) is 8.42 Å². The minimum atomic E-state index is -3.38. The lowest BCUT2D eigenvalue weighted by atomic mass is 9.99. The van der Waals surface area contributed by atoms with E-state index in [0.717, 1.165) is 22.5 Å². The summed E-state index contributed by atoms with van der Waals surface area (Å²) in [6, 6.07) is 12.7. The first kappa shape index (κ1) is 20.0. The van der Waals surface area contributed by atoms with Crippen LogP contribution in [0.2, 0.25) is 0 Å². The monoisotopic (exact) mass is 374 g/mol. The van der Waals surface area contributed by atoms with E-state index in [4.69, 9.17) is 0 Å². The fourth-order valence-electron chi connectivity index (χ4n) is 2.68. The van der Waals surface area contributed by atoms with Crippen molar-refractivity contribution in [3.63, 3.8) is 0 Å². The van der Waals surface area contributed by atoms with Gasteiger partial charge in [0.1, 0.15) is 0 Å². The van der Waals surface area contributed by atoms with Crippen molar-refractivity contribution in [1.29, 1.82) is 0 Å². The third kappa shape index (κ3) is 4.64. The van der Waals surface area contributed by atoms with Crippen LogP contribution in [0.4, 0.5) is 5.69 Å². The lowest BCUT2D eigenvalue weighted by molar-refractivity contribution is 0.0935. The molecule has 0 saturated heterocycles. The fraction of sp³-hybridized carbons (Fsp3) is 0.350. The van der Waals surface area contributed by atoms with Crippen LogP contribution in [-0.4, -0.2) is 27.6 Å². The third-order valence-corrected chi connectivity index (χ3v) is 5.82. The van der Waals surface area contributed by atoms with E-state index in [1.54, 1.807) is 24.3 Å². The molecule has 0 spiro atoms. The molecule has 0 radical (unpaired) electrons. The van der Waals surface area contributed by atoms with Crippen molar-refractivity contribution in [2.75, 3.05) is 17.6 Å². The number of sulfonamides is 1. The highest BCUT2D eigenvalue weighted by atomic mass is 32.2. The van der Waals surface area contributed by atoms with Crippen LogP contribution >= 0.6 is 0 Å². The SMILES string of the molecule is CC[C@@H](NC(=O)c1cccc(N(C)S(C)(=O)=O)c1)c1ccc(C)c(C)c1. The fourth-order valence-corrected chi connectivity index (χ4v) is 3.18. The number of aryl methyl sites for hydroxylation is 2. The van der Waals surface area contributed by atoms with E-state index >= 15 is 0 Å². The van der Waals surface area contributed by atoms with Gasteiger partial charge in [0.15, 0.2) is 0 Å². The molecule has 1 amide bonds. The summed E-state index contributed by atoms with van der Waals surface area (Å²) in [5, 5.41) is 3.04. The Morgan fingerprint density at radius 1 is 1.12 bits per heavy atom. The molecule has 2 rings (SSSR count). The zero-order valence-electron chi connectivity index (χ0n) is 15.9. The highest BCUT2D eigenvalue weighted by molar-refractivity contribution is 7.92. The Bertz CT molecular complexity index is 907. The predicted octanol–water partition coefficient (Wildman–Crippen LogP) is 3.58. The molecule has 5 nitrogen and oxygen atoms in total. The Labute approximate surface area is 156 Å². The van der Waals surface area contributed by atoms with Crippen LogP contribution in [0.5, 0.6) is 0 Å².